The molecule has 20 heavy (non-hydrogen) atoms. The molecule has 0 aliphatic carbocycles. The molecule has 2 aromatic rings. The van der Waals surface area contributed by atoms with Gasteiger partial charge < -0.3 is 0 Å². The van der Waals surface area contributed by atoms with Crippen molar-refractivity contribution in [1.82, 2.24) is 9.82 Å². The Hall–Kier alpha value is -2.21. The number of rotatable bonds is 4. The Bertz CT molecular complexity index is 725. The summed E-state index contributed by atoms with van der Waals surface area (Å²) >= 11 is 0. The molecule has 0 fully saturated rings. The minimum Gasteiger partial charge on any atom is -0.255 e. The largest absolute Gasteiger partial charge is 0.276 e. The molecule has 0 amide bonds. The molecule has 1 aromatic carbocycles. The lowest BCUT2D eigenvalue weighted by Gasteiger charge is -2.07. The quantitative estimate of drug-likeness (QED) is 0.691. The normalized spacial score (nSPS) is 11.7. The maximum Gasteiger partial charge on any atom is 0.276 e. The predicted molar refractivity (Wildman–Crippen MR) is 78.1 cm³/mol. The van der Waals surface area contributed by atoms with Crippen LogP contribution in [0.4, 0.5) is 0 Å². The summed E-state index contributed by atoms with van der Waals surface area (Å²) in [5.41, 5.74) is 2.14. The lowest BCUT2D eigenvalue weighted by atomic mass is 10.2. The smallest absolute Gasteiger partial charge is 0.255 e. The molecule has 0 spiro atoms. The van der Waals surface area contributed by atoms with Crippen LogP contribution >= 0.6 is 0 Å². The number of aromatic nitrogens is 1. The van der Waals surface area contributed by atoms with E-state index in [1.807, 2.05) is 13.0 Å². The number of benzene rings is 1. The van der Waals surface area contributed by atoms with Crippen LogP contribution in [0.2, 0.25) is 0 Å². The lowest BCUT2D eigenvalue weighted by Crippen LogP contribution is -2.19. The highest BCUT2D eigenvalue weighted by Crippen LogP contribution is 2.16. The van der Waals surface area contributed by atoms with Crippen LogP contribution in [0, 0.1) is 13.8 Å². The van der Waals surface area contributed by atoms with Gasteiger partial charge in [0.05, 0.1) is 16.8 Å². The maximum atomic E-state index is 12.2. The molecule has 2 rings (SSSR count). The second-order valence-corrected chi connectivity index (χ2v) is 6.01. The zero-order chi connectivity index (χ0) is 14.6. The Morgan fingerprint density at radius 3 is 2.70 bits per heavy atom. The van der Waals surface area contributed by atoms with Crippen LogP contribution in [0.15, 0.2) is 52.6 Å². The van der Waals surface area contributed by atoms with Crippen LogP contribution in [0.1, 0.15) is 16.8 Å². The van der Waals surface area contributed by atoms with E-state index in [9.17, 15) is 8.42 Å². The SMILES string of the molecule is Cc1ccc(C)c(S(=O)(=O)NN=Cc2ccccn2)c1. The first-order valence-corrected chi connectivity index (χ1v) is 7.50. The summed E-state index contributed by atoms with van der Waals surface area (Å²) in [7, 11) is -3.66. The predicted octanol–water partition coefficient (Wildman–Crippen LogP) is 2.01. The minimum absolute atomic E-state index is 0.232. The zero-order valence-electron chi connectivity index (χ0n) is 11.2. The number of hydrogen-bond donors (Lipinski definition) is 1. The number of hydrogen-bond acceptors (Lipinski definition) is 4. The van der Waals surface area contributed by atoms with E-state index in [-0.39, 0.29) is 4.90 Å². The Balaban J connectivity index is 2.20. The molecular formula is C14H15N3O2S. The highest BCUT2D eigenvalue weighted by molar-refractivity contribution is 7.89. The fourth-order valence-corrected chi connectivity index (χ4v) is 2.78. The molecular weight excluding hydrogens is 274 g/mol. The van der Waals surface area contributed by atoms with E-state index in [0.29, 0.717) is 11.3 Å². The Morgan fingerprint density at radius 1 is 1.20 bits per heavy atom. The molecule has 0 aliphatic rings. The summed E-state index contributed by atoms with van der Waals surface area (Å²) in [6.07, 6.45) is 2.98. The first kappa shape index (κ1) is 14.2. The van der Waals surface area contributed by atoms with Crippen LogP contribution in [-0.2, 0) is 10.0 Å². The molecule has 0 aliphatic heterocycles. The number of nitrogens with zero attached hydrogens (tertiary/aromatic N) is 2. The van der Waals surface area contributed by atoms with Crippen molar-refractivity contribution in [2.75, 3.05) is 0 Å². The first-order chi connectivity index (χ1) is 9.49. The van der Waals surface area contributed by atoms with Crippen LogP contribution in [0.3, 0.4) is 0 Å². The molecule has 0 bridgehead atoms. The number of pyridine rings is 1. The average molecular weight is 289 g/mol. The van der Waals surface area contributed by atoms with E-state index < -0.39 is 10.0 Å². The monoisotopic (exact) mass is 289 g/mol. The van der Waals surface area contributed by atoms with Gasteiger partial charge in [0.1, 0.15) is 0 Å². The Labute approximate surface area is 118 Å². The van der Waals surface area contributed by atoms with Gasteiger partial charge in [-0.05, 0) is 43.2 Å². The van der Waals surface area contributed by atoms with Crippen LogP contribution in [0.25, 0.3) is 0 Å². The van der Waals surface area contributed by atoms with Gasteiger partial charge in [-0.15, -0.1) is 0 Å². The first-order valence-electron chi connectivity index (χ1n) is 6.02. The van der Waals surface area contributed by atoms with Crippen molar-refractivity contribution in [1.29, 1.82) is 0 Å². The van der Waals surface area contributed by atoms with Crippen LogP contribution < -0.4 is 4.83 Å². The van der Waals surface area contributed by atoms with Crippen molar-refractivity contribution in [3.63, 3.8) is 0 Å². The molecule has 0 saturated heterocycles. The molecule has 1 N–H and O–H groups in total. The van der Waals surface area contributed by atoms with Gasteiger partial charge in [-0.25, -0.2) is 0 Å². The van der Waals surface area contributed by atoms with E-state index in [1.54, 1.807) is 43.5 Å². The van der Waals surface area contributed by atoms with Gasteiger partial charge in [-0.1, -0.05) is 18.2 Å². The highest BCUT2D eigenvalue weighted by Gasteiger charge is 2.15. The average Bonchev–Trinajstić information content (AvgIpc) is 2.42. The fourth-order valence-electron chi connectivity index (χ4n) is 1.66. The lowest BCUT2D eigenvalue weighted by molar-refractivity contribution is 0.584. The molecule has 0 unspecified atom stereocenters. The third-order valence-electron chi connectivity index (χ3n) is 2.69. The summed E-state index contributed by atoms with van der Waals surface area (Å²) < 4.78 is 24.3. The van der Waals surface area contributed by atoms with Crippen molar-refractivity contribution in [3.05, 3.63) is 59.4 Å². The standard InChI is InChI=1S/C14H15N3O2S/c1-11-6-7-12(2)14(9-11)20(18,19)17-16-10-13-5-3-4-8-15-13/h3-10,17H,1-2H3. The van der Waals surface area contributed by atoms with E-state index in [1.165, 1.54) is 6.21 Å². The topological polar surface area (TPSA) is 71.4 Å². The van der Waals surface area contributed by atoms with E-state index >= 15 is 0 Å². The zero-order valence-corrected chi connectivity index (χ0v) is 12.1. The number of sulfonamides is 1. The second kappa shape index (κ2) is 5.83. The molecule has 0 radical (unpaired) electrons. The van der Waals surface area contributed by atoms with Gasteiger partial charge in [0, 0.05) is 6.20 Å². The van der Waals surface area contributed by atoms with Crippen LogP contribution in [-0.4, -0.2) is 19.6 Å². The van der Waals surface area contributed by atoms with E-state index in [2.05, 4.69) is 14.9 Å². The van der Waals surface area contributed by atoms with Gasteiger partial charge in [-0.3, -0.25) is 4.98 Å². The molecule has 6 heteroatoms. The van der Waals surface area contributed by atoms with Gasteiger partial charge in [0.25, 0.3) is 10.0 Å². The van der Waals surface area contributed by atoms with E-state index in [4.69, 9.17) is 0 Å². The molecule has 5 nitrogen and oxygen atoms in total. The molecule has 1 aromatic heterocycles. The second-order valence-electron chi connectivity index (χ2n) is 4.38. The van der Waals surface area contributed by atoms with Crippen molar-refractivity contribution in [2.24, 2.45) is 5.10 Å². The summed E-state index contributed by atoms with van der Waals surface area (Å²) in [4.78, 5) is 6.44. The van der Waals surface area contributed by atoms with Crippen molar-refractivity contribution < 1.29 is 8.42 Å². The van der Waals surface area contributed by atoms with Gasteiger partial charge in [0.2, 0.25) is 0 Å². The Kier molecular flexibility index (Phi) is 4.14. The summed E-state index contributed by atoms with van der Waals surface area (Å²) in [5.74, 6) is 0. The minimum atomic E-state index is -3.66. The third kappa shape index (κ3) is 3.42. The summed E-state index contributed by atoms with van der Waals surface area (Å²) in [6.45, 7) is 3.59. The summed E-state index contributed by atoms with van der Waals surface area (Å²) in [6, 6.07) is 10.6. The van der Waals surface area contributed by atoms with Gasteiger partial charge in [-0.2, -0.15) is 18.4 Å². The summed E-state index contributed by atoms with van der Waals surface area (Å²) in [5, 5.41) is 3.73. The van der Waals surface area contributed by atoms with Crippen molar-refractivity contribution in [3.8, 4) is 0 Å². The van der Waals surface area contributed by atoms with Gasteiger partial charge in [0.15, 0.2) is 0 Å². The molecule has 0 atom stereocenters. The number of aryl methyl sites for hydroxylation is 2. The van der Waals surface area contributed by atoms with Crippen molar-refractivity contribution in [2.45, 2.75) is 18.7 Å². The molecule has 1 heterocycles. The molecule has 0 saturated carbocycles. The number of hydrazone groups is 1. The van der Waals surface area contributed by atoms with Crippen LogP contribution in [0.5, 0.6) is 0 Å². The fraction of sp³-hybridized carbons (Fsp3) is 0.143. The van der Waals surface area contributed by atoms with Crippen molar-refractivity contribution >= 4 is 16.2 Å². The van der Waals surface area contributed by atoms with E-state index in [0.717, 1.165) is 5.56 Å². The Morgan fingerprint density at radius 2 is 2.00 bits per heavy atom. The number of nitrogens with one attached hydrogen (secondary N) is 1. The molecule has 104 valence electrons. The highest BCUT2D eigenvalue weighted by atomic mass is 32.2. The van der Waals surface area contributed by atoms with Gasteiger partial charge >= 0.3 is 0 Å². The third-order valence-corrected chi connectivity index (χ3v) is 4.06. The maximum absolute atomic E-state index is 12.2.